The highest BCUT2D eigenvalue weighted by Gasteiger charge is 2.26. The number of rotatable bonds is 4. The molecule has 0 aromatic heterocycles. The highest BCUT2D eigenvalue weighted by Crippen LogP contribution is 2.35. The number of aliphatic imine (C=N–C) groups is 1. The van der Waals surface area contributed by atoms with Crippen LogP contribution in [0.5, 0.6) is 5.75 Å². The van der Waals surface area contributed by atoms with E-state index in [4.69, 9.17) is 4.74 Å². The van der Waals surface area contributed by atoms with Crippen LogP contribution in [0.3, 0.4) is 0 Å². The maximum atomic E-state index is 13.9. The summed E-state index contributed by atoms with van der Waals surface area (Å²) < 4.78 is 32.8. The van der Waals surface area contributed by atoms with Crippen molar-refractivity contribution in [2.45, 2.75) is 32.0 Å². The van der Waals surface area contributed by atoms with Gasteiger partial charge in [-0.25, -0.2) is 8.78 Å². The molecule has 4 rings (SSSR count). The van der Waals surface area contributed by atoms with Gasteiger partial charge in [0.15, 0.2) is 11.6 Å². The number of halogens is 2. The molecule has 2 heterocycles. The van der Waals surface area contributed by atoms with E-state index < -0.39 is 11.6 Å². The SMILES string of the molecule is CC1N=CC=CN1c1cc(C#N)ccc1N1CCC(Oc2ccc(F)cc2F)CC1. The Balaban J connectivity index is 1.50. The first-order valence-corrected chi connectivity index (χ1v) is 9.94. The van der Waals surface area contributed by atoms with Crippen LogP contribution in [0.4, 0.5) is 20.2 Å². The van der Waals surface area contributed by atoms with Crippen LogP contribution in [0.25, 0.3) is 0 Å². The summed E-state index contributed by atoms with van der Waals surface area (Å²) in [6.45, 7) is 3.45. The van der Waals surface area contributed by atoms with E-state index in [-0.39, 0.29) is 18.0 Å². The van der Waals surface area contributed by atoms with E-state index in [0.717, 1.165) is 30.5 Å². The molecule has 154 valence electrons. The molecule has 0 amide bonds. The van der Waals surface area contributed by atoms with Crippen LogP contribution in [-0.2, 0) is 0 Å². The van der Waals surface area contributed by atoms with E-state index in [1.165, 1.54) is 12.1 Å². The molecular weight excluding hydrogens is 386 g/mol. The zero-order chi connectivity index (χ0) is 21.1. The lowest BCUT2D eigenvalue weighted by molar-refractivity contribution is 0.163. The molecule has 0 aliphatic carbocycles. The van der Waals surface area contributed by atoms with Crippen molar-refractivity contribution in [3.63, 3.8) is 0 Å². The lowest BCUT2D eigenvalue weighted by Gasteiger charge is -2.37. The summed E-state index contributed by atoms with van der Waals surface area (Å²) in [4.78, 5) is 8.73. The van der Waals surface area contributed by atoms with Gasteiger partial charge in [0.25, 0.3) is 0 Å². The molecule has 5 nitrogen and oxygen atoms in total. The number of benzene rings is 2. The molecule has 0 radical (unpaired) electrons. The molecule has 0 bridgehead atoms. The zero-order valence-electron chi connectivity index (χ0n) is 16.6. The summed E-state index contributed by atoms with van der Waals surface area (Å²) in [5.74, 6) is -1.22. The normalized spacial score (nSPS) is 19.1. The van der Waals surface area contributed by atoms with Crippen molar-refractivity contribution in [1.29, 1.82) is 5.26 Å². The van der Waals surface area contributed by atoms with Crippen molar-refractivity contribution < 1.29 is 13.5 Å². The molecule has 1 unspecified atom stereocenters. The highest BCUT2D eigenvalue weighted by atomic mass is 19.1. The monoisotopic (exact) mass is 408 g/mol. The minimum absolute atomic E-state index is 0.0648. The van der Waals surface area contributed by atoms with Crippen LogP contribution in [0.2, 0.25) is 0 Å². The Labute approximate surface area is 174 Å². The van der Waals surface area contributed by atoms with Crippen LogP contribution in [0.1, 0.15) is 25.3 Å². The third kappa shape index (κ3) is 4.13. The van der Waals surface area contributed by atoms with Crippen LogP contribution in [-0.4, -0.2) is 31.6 Å². The lowest BCUT2D eigenvalue weighted by Crippen LogP contribution is -2.39. The molecule has 2 aliphatic rings. The average Bonchev–Trinajstić information content (AvgIpc) is 2.76. The topological polar surface area (TPSA) is 51.9 Å². The van der Waals surface area contributed by atoms with Crippen LogP contribution < -0.4 is 14.5 Å². The maximum Gasteiger partial charge on any atom is 0.167 e. The van der Waals surface area contributed by atoms with Crippen molar-refractivity contribution in [3.8, 4) is 11.8 Å². The second-order valence-corrected chi connectivity index (χ2v) is 7.37. The second-order valence-electron chi connectivity index (χ2n) is 7.37. The van der Waals surface area contributed by atoms with Gasteiger partial charge in [-0.15, -0.1) is 0 Å². The lowest BCUT2D eigenvalue weighted by atomic mass is 10.0. The fourth-order valence-corrected chi connectivity index (χ4v) is 3.82. The Morgan fingerprint density at radius 1 is 1.10 bits per heavy atom. The first kappa shape index (κ1) is 19.9. The molecule has 1 fully saturated rings. The highest BCUT2D eigenvalue weighted by molar-refractivity contribution is 5.79. The predicted molar refractivity (Wildman–Crippen MR) is 113 cm³/mol. The van der Waals surface area contributed by atoms with E-state index in [1.54, 1.807) is 6.21 Å². The van der Waals surface area contributed by atoms with Gasteiger partial charge in [0.2, 0.25) is 0 Å². The van der Waals surface area contributed by atoms with E-state index in [2.05, 4.69) is 16.0 Å². The molecule has 1 atom stereocenters. The van der Waals surface area contributed by atoms with E-state index in [1.807, 2.05) is 42.3 Å². The van der Waals surface area contributed by atoms with E-state index in [0.29, 0.717) is 18.4 Å². The summed E-state index contributed by atoms with van der Waals surface area (Å²) in [6.07, 6.45) is 6.82. The summed E-state index contributed by atoms with van der Waals surface area (Å²) >= 11 is 0. The third-order valence-electron chi connectivity index (χ3n) is 5.39. The quantitative estimate of drug-likeness (QED) is 0.740. The number of nitriles is 1. The number of nitrogens with zero attached hydrogens (tertiary/aromatic N) is 4. The molecule has 0 N–H and O–H groups in total. The molecule has 0 saturated carbocycles. The van der Waals surface area contributed by atoms with Crippen LogP contribution in [0.15, 0.2) is 53.7 Å². The first-order valence-electron chi connectivity index (χ1n) is 9.94. The molecule has 7 heteroatoms. The summed E-state index contributed by atoms with van der Waals surface area (Å²) in [5, 5.41) is 9.34. The van der Waals surface area contributed by atoms with Crippen molar-refractivity contribution in [1.82, 2.24) is 0 Å². The zero-order valence-corrected chi connectivity index (χ0v) is 16.6. The smallest absolute Gasteiger partial charge is 0.167 e. The minimum Gasteiger partial charge on any atom is -0.487 e. The molecule has 30 heavy (non-hydrogen) atoms. The van der Waals surface area contributed by atoms with Crippen molar-refractivity contribution in [2.24, 2.45) is 4.99 Å². The number of hydrogen-bond acceptors (Lipinski definition) is 5. The molecule has 2 aromatic rings. The number of piperidine rings is 1. The van der Waals surface area contributed by atoms with Gasteiger partial charge in [-0.2, -0.15) is 5.26 Å². The van der Waals surface area contributed by atoms with Gasteiger partial charge in [0.1, 0.15) is 18.1 Å². The molecule has 1 saturated heterocycles. The fourth-order valence-electron chi connectivity index (χ4n) is 3.82. The third-order valence-corrected chi connectivity index (χ3v) is 5.39. The summed E-state index contributed by atoms with van der Waals surface area (Å²) in [7, 11) is 0. The van der Waals surface area contributed by atoms with Gasteiger partial charge in [-0.05, 0) is 43.3 Å². The van der Waals surface area contributed by atoms with Crippen molar-refractivity contribution in [2.75, 3.05) is 22.9 Å². The Kier molecular flexibility index (Phi) is 5.66. The van der Waals surface area contributed by atoms with E-state index in [9.17, 15) is 14.0 Å². The summed E-state index contributed by atoms with van der Waals surface area (Å²) in [5.41, 5.74) is 2.54. The second kappa shape index (κ2) is 8.54. The number of anilines is 2. The first-order chi connectivity index (χ1) is 14.5. The van der Waals surface area contributed by atoms with Gasteiger partial charge in [0.05, 0.1) is 23.0 Å². The average molecular weight is 408 g/mol. The van der Waals surface area contributed by atoms with Gasteiger partial charge in [-0.3, -0.25) is 4.99 Å². The minimum atomic E-state index is -0.682. The molecular formula is C23H22F2N4O. The van der Waals surface area contributed by atoms with E-state index >= 15 is 0 Å². The van der Waals surface area contributed by atoms with Gasteiger partial charge in [0, 0.05) is 44.4 Å². The predicted octanol–water partition coefficient (Wildman–Crippen LogP) is 4.63. The van der Waals surface area contributed by atoms with Crippen LogP contribution >= 0.6 is 0 Å². The Morgan fingerprint density at radius 3 is 2.60 bits per heavy atom. The Hall–Kier alpha value is -3.40. The van der Waals surface area contributed by atoms with Gasteiger partial charge >= 0.3 is 0 Å². The largest absolute Gasteiger partial charge is 0.487 e. The number of ether oxygens (including phenoxy) is 1. The maximum absolute atomic E-state index is 13.9. The number of hydrogen-bond donors (Lipinski definition) is 0. The summed E-state index contributed by atoms with van der Waals surface area (Å²) in [6, 6.07) is 11.2. The Bertz CT molecular complexity index is 1020. The van der Waals surface area contributed by atoms with Crippen molar-refractivity contribution in [3.05, 3.63) is 65.9 Å². The van der Waals surface area contributed by atoms with Gasteiger partial charge < -0.3 is 14.5 Å². The Morgan fingerprint density at radius 2 is 1.90 bits per heavy atom. The fraction of sp³-hybridized carbons (Fsp3) is 0.304. The molecule has 2 aliphatic heterocycles. The van der Waals surface area contributed by atoms with Crippen molar-refractivity contribution >= 4 is 17.6 Å². The molecule has 0 spiro atoms. The van der Waals surface area contributed by atoms with Crippen LogP contribution in [0, 0.1) is 23.0 Å². The standard InChI is InChI=1S/C23H22F2N4O/c1-16-27-9-2-10-29(16)22-13-17(15-26)3-5-21(22)28-11-7-19(8-12-28)30-23-6-4-18(24)14-20(23)25/h2-6,9-10,13-14,16,19H,7-8,11-12H2,1H3. The van der Waals surface area contributed by atoms with Gasteiger partial charge in [-0.1, -0.05) is 0 Å². The number of allylic oxidation sites excluding steroid dienone is 1. The molecule has 2 aromatic carbocycles.